The molecule has 0 saturated carbocycles. The van der Waals surface area contributed by atoms with Gasteiger partial charge in [0.05, 0.1) is 13.0 Å². The minimum atomic E-state index is -0.920. The maximum atomic E-state index is 12.1. The molecule has 3 rings (SSSR count). The molecule has 2 aromatic rings. The molecule has 2 N–H and O–H groups in total. The summed E-state index contributed by atoms with van der Waals surface area (Å²) in [7, 11) is 0. The smallest absolute Gasteiger partial charge is 0.317 e. The monoisotopic (exact) mass is 321 g/mol. The van der Waals surface area contributed by atoms with Crippen LogP contribution in [0.5, 0.6) is 0 Å². The molecule has 116 valence electrons. The van der Waals surface area contributed by atoms with Crippen LogP contribution in [0.1, 0.15) is 12.1 Å². The molecule has 2 amide bonds. The summed E-state index contributed by atoms with van der Waals surface area (Å²) < 4.78 is 2.17. The number of carbonyl (C=O) groups excluding carboxylic acids is 1. The zero-order valence-corrected chi connectivity index (χ0v) is 12.6. The van der Waals surface area contributed by atoms with Gasteiger partial charge in [-0.2, -0.15) is 0 Å². The predicted octanol–water partition coefficient (Wildman–Crippen LogP) is 2.29. The first-order chi connectivity index (χ1) is 10.5. The van der Waals surface area contributed by atoms with E-state index in [1.807, 2.05) is 18.2 Å². The van der Waals surface area contributed by atoms with Gasteiger partial charge in [0, 0.05) is 41.3 Å². The number of hydrogen-bond acceptors (Lipinski definition) is 2. The third kappa shape index (κ3) is 2.87. The standard InChI is InChI=1S/C15H16ClN3O3/c16-11-2-1-10-7-12-9-18(5-6-19(12)13(10)8-11)15(22)17-4-3-14(20)21/h1-2,7-8H,3-6,9H2,(H,17,22)(H,20,21). The van der Waals surface area contributed by atoms with Crippen molar-refractivity contribution in [2.75, 3.05) is 13.1 Å². The quantitative estimate of drug-likeness (QED) is 0.911. The number of aromatic nitrogens is 1. The Morgan fingerprint density at radius 3 is 2.86 bits per heavy atom. The first kappa shape index (κ1) is 14.7. The number of nitrogens with one attached hydrogen (secondary N) is 1. The minimum absolute atomic E-state index is 0.0711. The van der Waals surface area contributed by atoms with E-state index in [1.54, 1.807) is 4.90 Å². The van der Waals surface area contributed by atoms with Crippen molar-refractivity contribution in [2.45, 2.75) is 19.5 Å². The van der Waals surface area contributed by atoms with E-state index in [0.29, 0.717) is 24.7 Å². The summed E-state index contributed by atoms with van der Waals surface area (Å²) in [4.78, 5) is 24.2. The van der Waals surface area contributed by atoms with E-state index < -0.39 is 5.97 Å². The maximum absolute atomic E-state index is 12.1. The molecule has 0 radical (unpaired) electrons. The number of aliphatic carboxylic acids is 1. The molecule has 0 unspecified atom stereocenters. The van der Waals surface area contributed by atoms with Crippen molar-refractivity contribution in [2.24, 2.45) is 0 Å². The predicted molar refractivity (Wildman–Crippen MR) is 83.0 cm³/mol. The van der Waals surface area contributed by atoms with Crippen LogP contribution in [0, 0.1) is 0 Å². The first-order valence-corrected chi connectivity index (χ1v) is 7.44. The van der Waals surface area contributed by atoms with Gasteiger partial charge in [-0.15, -0.1) is 0 Å². The normalized spacial score (nSPS) is 14.0. The fraction of sp³-hybridized carbons (Fsp3) is 0.333. The highest BCUT2D eigenvalue weighted by atomic mass is 35.5. The lowest BCUT2D eigenvalue weighted by molar-refractivity contribution is -0.136. The molecular formula is C15H16ClN3O3. The Morgan fingerprint density at radius 2 is 2.09 bits per heavy atom. The highest BCUT2D eigenvalue weighted by Crippen LogP contribution is 2.26. The van der Waals surface area contributed by atoms with E-state index in [1.165, 1.54) is 0 Å². The highest BCUT2D eigenvalue weighted by molar-refractivity contribution is 6.31. The summed E-state index contributed by atoms with van der Waals surface area (Å²) in [5.74, 6) is -0.920. The summed E-state index contributed by atoms with van der Waals surface area (Å²) in [6.45, 7) is 1.93. The molecule has 0 atom stereocenters. The molecule has 1 aliphatic heterocycles. The fourth-order valence-corrected chi connectivity index (χ4v) is 2.90. The van der Waals surface area contributed by atoms with Gasteiger partial charge < -0.3 is 19.9 Å². The third-order valence-corrected chi connectivity index (χ3v) is 4.04. The number of carbonyl (C=O) groups is 2. The van der Waals surface area contributed by atoms with Gasteiger partial charge in [0.25, 0.3) is 0 Å². The second kappa shape index (κ2) is 5.88. The van der Waals surface area contributed by atoms with Gasteiger partial charge in [-0.05, 0) is 18.2 Å². The van der Waals surface area contributed by atoms with Crippen LogP contribution in [0.4, 0.5) is 4.79 Å². The van der Waals surface area contributed by atoms with Crippen molar-refractivity contribution >= 4 is 34.5 Å². The zero-order valence-electron chi connectivity index (χ0n) is 11.9. The zero-order chi connectivity index (χ0) is 15.7. The van der Waals surface area contributed by atoms with Crippen LogP contribution in [0.15, 0.2) is 24.3 Å². The molecule has 1 aliphatic rings. The van der Waals surface area contributed by atoms with E-state index in [9.17, 15) is 9.59 Å². The van der Waals surface area contributed by atoms with Gasteiger partial charge in [0.2, 0.25) is 0 Å². The van der Waals surface area contributed by atoms with Crippen LogP contribution in [0.25, 0.3) is 10.9 Å². The van der Waals surface area contributed by atoms with Gasteiger partial charge >= 0.3 is 12.0 Å². The first-order valence-electron chi connectivity index (χ1n) is 7.07. The highest BCUT2D eigenvalue weighted by Gasteiger charge is 2.22. The number of halogens is 1. The number of nitrogens with zero attached hydrogens (tertiary/aromatic N) is 2. The Hall–Kier alpha value is -2.21. The summed E-state index contributed by atoms with van der Waals surface area (Å²) in [6.07, 6.45) is -0.0711. The number of carboxylic acid groups (broad SMARTS) is 1. The minimum Gasteiger partial charge on any atom is -0.481 e. The van der Waals surface area contributed by atoms with E-state index in [2.05, 4.69) is 16.0 Å². The average Bonchev–Trinajstić information content (AvgIpc) is 2.83. The van der Waals surface area contributed by atoms with Crippen LogP contribution >= 0.6 is 11.6 Å². The van der Waals surface area contributed by atoms with Crippen molar-refractivity contribution in [3.05, 3.63) is 35.0 Å². The van der Waals surface area contributed by atoms with Crippen LogP contribution in [-0.2, 0) is 17.9 Å². The number of fused-ring (bicyclic) bond motifs is 3. The second-order valence-corrected chi connectivity index (χ2v) is 5.72. The third-order valence-electron chi connectivity index (χ3n) is 3.80. The molecule has 0 bridgehead atoms. The van der Waals surface area contributed by atoms with E-state index in [0.717, 1.165) is 16.6 Å². The van der Waals surface area contributed by atoms with Crippen molar-refractivity contribution in [1.29, 1.82) is 0 Å². The molecule has 22 heavy (non-hydrogen) atoms. The van der Waals surface area contributed by atoms with Crippen LogP contribution in [0.3, 0.4) is 0 Å². The molecule has 7 heteroatoms. The molecule has 0 saturated heterocycles. The lowest BCUT2D eigenvalue weighted by Crippen LogP contribution is -2.44. The average molecular weight is 322 g/mol. The summed E-state index contributed by atoms with van der Waals surface area (Å²) >= 11 is 6.04. The van der Waals surface area contributed by atoms with Gasteiger partial charge in [0.1, 0.15) is 0 Å². The van der Waals surface area contributed by atoms with Gasteiger partial charge in [0.15, 0.2) is 0 Å². The molecule has 0 spiro atoms. The number of carboxylic acids is 1. The molecule has 2 heterocycles. The number of amides is 2. The van der Waals surface area contributed by atoms with E-state index >= 15 is 0 Å². The Bertz CT molecular complexity index is 741. The van der Waals surface area contributed by atoms with E-state index in [4.69, 9.17) is 16.7 Å². The largest absolute Gasteiger partial charge is 0.481 e. The Morgan fingerprint density at radius 1 is 1.27 bits per heavy atom. The second-order valence-electron chi connectivity index (χ2n) is 5.29. The van der Waals surface area contributed by atoms with E-state index in [-0.39, 0.29) is 19.0 Å². The Balaban J connectivity index is 1.72. The topological polar surface area (TPSA) is 74.6 Å². The van der Waals surface area contributed by atoms with Crippen molar-refractivity contribution < 1.29 is 14.7 Å². The molecule has 0 fully saturated rings. The summed E-state index contributed by atoms with van der Waals surface area (Å²) in [6, 6.07) is 7.59. The van der Waals surface area contributed by atoms with Gasteiger partial charge in [-0.3, -0.25) is 4.79 Å². The Kier molecular flexibility index (Phi) is 3.94. The van der Waals surface area contributed by atoms with Crippen molar-refractivity contribution in [1.82, 2.24) is 14.8 Å². The van der Waals surface area contributed by atoms with Crippen molar-refractivity contribution in [3.8, 4) is 0 Å². The maximum Gasteiger partial charge on any atom is 0.317 e. The lowest BCUT2D eigenvalue weighted by atomic mass is 10.2. The molecule has 0 aliphatic carbocycles. The number of urea groups is 1. The molecule has 6 nitrogen and oxygen atoms in total. The molecular weight excluding hydrogens is 306 g/mol. The fourth-order valence-electron chi connectivity index (χ4n) is 2.74. The van der Waals surface area contributed by atoms with Gasteiger partial charge in [-0.1, -0.05) is 17.7 Å². The van der Waals surface area contributed by atoms with Crippen LogP contribution in [0.2, 0.25) is 5.02 Å². The number of rotatable bonds is 3. The Labute approximate surface area is 132 Å². The van der Waals surface area contributed by atoms with Crippen molar-refractivity contribution in [3.63, 3.8) is 0 Å². The summed E-state index contributed by atoms with van der Waals surface area (Å²) in [5, 5.41) is 13.0. The molecule has 1 aromatic carbocycles. The number of hydrogen-bond donors (Lipinski definition) is 2. The van der Waals surface area contributed by atoms with Crippen LogP contribution in [-0.4, -0.2) is 39.7 Å². The van der Waals surface area contributed by atoms with Gasteiger partial charge in [-0.25, -0.2) is 4.79 Å². The lowest BCUT2D eigenvalue weighted by Gasteiger charge is -2.29. The molecule has 1 aromatic heterocycles. The van der Waals surface area contributed by atoms with Crippen LogP contribution < -0.4 is 5.32 Å². The summed E-state index contributed by atoms with van der Waals surface area (Å²) in [5.41, 5.74) is 2.13. The SMILES string of the molecule is O=C(O)CCNC(=O)N1CCn2c(cc3ccc(Cl)cc32)C1. The number of benzene rings is 1.